The van der Waals surface area contributed by atoms with Crippen molar-refractivity contribution in [2.24, 2.45) is 0 Å². The monoisotopic (exact) mass is 463 g/mol. The predicted octanol–water partition coefficient (Wildman–Crippen LogP) is 2.31. The Bertz CT molecular complexity index is 1420. The molecule has 11 heteroatoms. The van der Waals surface area contributed by atoms with Crippen molar-refractivity contribution in [3.8, 4) is 23.4 Å². The second kappa shape index (κ2) is 9.33. The van der Waals surface area contributed by atoms with Crippen LogP contribution in [0.1, 0.15) is 23.0 Å². The molecule has 34 heavy (non-hydrogen) atoms. The molecule has 0 amide bonds. The molecule has 3 N–H and O–H groups in total. The van der Waals surface area contributed by atoms with E-state index in [-0.39, 0.29) is 23.0 Å². The number of pyridine rings is 1. The molecule has 1 atom stereocenters. The Morgan fingerprint density at radius 1 is 1.21 bits per heavy atom. The van der Waals surface area contributed by atoms with Gasteiger partial charge in [0, 0.05) is 23.4 Å². The van der Waals surface area contributed by atoms with Gasteiger partial charge in [-0.3, -0.25) is 4.98 Å². The predicted molar refractivity (Wildman–Crippen MR) is 118 cm³/mol. The van der Waals surface area contributed by atoms with Crippen molar-refractivity contribution >= 4 is 5.69 Å². The molecule has 172 valence electrons. The third-order valence-corrected chi connectivity index (χ3v) is 5.08. The summed E-state index contributed by atoms with van der Waals surface area (Å²) >= 11 is 0. The lowest BCUT2D eigenvalue weighted by Crippen LogP contribution is -2.38. The van der Waals surface area contributed by atoms with Gasteiger partial charge in [-0.2, -0.15) is 5.26 Å². The van der Waals surface area contributed by atoms with Gasteiger partial charge in [0.15, 0.2) is 17.4 Å². The van der Waals surface area contributed by atoms with Crippen molar-refractivity contribution in [2.45, 2.75) is 6.04 Å². The molecular formula is C23H20FN6O4+. The van der Waals surface area contributed by atoms with Crippen LogP contribution in [0, 0.1) is 17.1 Å². The zero-order valence-corrected chi connectivity index (χ0v) is 18.2. The summed E-state index contributed by atoms with van der Waals surface area (Å²) in [6, 6.07) is 15.1. The third kappa shape index (κ3) is 4.24. The van der Waals surface area contributed by atoms with E-state index < -0.39 is 17.5 Å². The molecule has 0 radical (unpaired) electrons. The highest BCUT2D eigenvalue weighted by Gasteiger charge is 2.29. The summed E-state index contributed by atoms with van der Waals surface area (Å²) in [5.74, 6) is -0.262. The van der Waals surface area contributed by atoms with Crippen LogP contribution in [0.15, 0.2) is 65.6 Å². The number of H-pyrrole nitrogens is 1. The van der Waals surface area contributed by atoms with E-state index in [9.17, 15) is 10.0 Å². The first-order valence-corrected chi connectivity index (χ1v) is 10.0. The molecule has 0 spiro atoms. The molecule has 0 aliphatic heterocycles. The SMILES string of the molecule is COc1cc(OC)c(F)c(C(Nc2ccc(C#N)cc2)c2nn(-c3cccc[n+]3O)c(=O)[nH]2)c1. The first-order valence-electron chi connectivity index (χ1n) is 10.0. The molecule has 2 aromatic heterocycles. The van der Waals surface area contributed by atoms with Crippen LogP contribution >= 0.6 is 0 Å². The highest BCUT2D eigenvalue weighted by atomic mass is 19.1. The van der Waals surface area contributed by atoms with Gasteiger partial charge in [0.2, 0.25) is 0 Å². The topological polar surface area (TPSA) is 129 Å². The number of halogens is 1. The van der Waals surface area contributed by atoms with E-state index >= 15 is 4.39 Å². The van der Waals surface area contributed by atoms with Gasteiger partial charge in [-0.15, -0.1) is 0 Å². The summed E-state index contributed by atoms with van der Waals surface area (Å²) < 4.78 is 27.5. The smallest absolute Gasteiger partial charge is 0.440 e. The fourth-order valence-corrected chi connectivity index (χ4v) is 3.39. The van der Waals surface area contributed by atoms with Gasteiger partial charge in [-0.25, -0.2) is 9.18 Å². The van der Waals surface area contributed by atoms with E-state index in [0.29, 0.717) is 17.0 Å². The Morgan fingerprint density at radius 3 is 2.62 bits per heavy atom. The van der Waals surface area contributed by atoms with E-state index in [0.717, 1.165) is 9.41 Å². The lowest BCUT2D eigenvalue weighted by molar-refractivity contribution is -0.899. The van der Waals surface area contributed by atoms with Crippen LogP contribution in [-0.4, -0.2) is 34.2 Å². The Labute approximate surface area is 193 Å². The van der Waals surface area contributed by atoms with Gasteiger partial charge in [0.05, 0.1) is 25.9 Å². The Morgan fingerprint density at radius 2 is 1.97 bits per heavy atom. The Kier molecular flexibility index (Phi) is 6.13. The number of ether oxygens (including phenoxy) is 2. The molecule has 0 saturated carbocycles. The molecule has 4 rings (SSSR count). The molecule has 0 aliphatic carbocycles. The lowest BCUT2D eigenvalue weighted by atomic mass is 10.0. The molecule has 4 aromatic rings. The van der Waals surface area contributed by atoms with Crippen molar-refractivity contribution in [1.82, 2.24) is 14.8 Å². The van der Waals surface area contributed by atoms with Crippen LogP contribution in [-0.2, 0) is 0 Å². The maximum atomic E-state index is 15.4. The highest BCUT2D eigenvalue weighted by Crippen LogP contribution is 2.34. The van der Waals surface area contributed by atoms with Crippen LogP contribution in [0.2, 0.25) is 0 Å². The van der Waals surface area contributed by atoms with Crippen LogP contribution in [0.4, 0.5) is 10.1 Å². The molecule has 10 nitrogen and oxygen atoms in total. The molecule has 0 bridgehead atoms. The van der Waals surface area contributed by atoms with Gasteiger partial charge in [0.1, 0.15) is 18.0 Å². The number of benzene rings is 2. The quantitative estimate of drug-likeness (QED) is 0.283. The minimum atomic E-state index is -0.998. The van der Waals surface area contributed by atoms with E-state index in [1.807, 2.05) is 6.07 Å². The minimum Gasteiger partial charge on any atom is -0.497 e. The lowest BCUT2D eigenvalue weighted by Gasteiger charge is -2.20. The maximum Gasteiger partial charge on any atom is 0.440 e. The van der Waals surface area contributed by atoms with Gasteiger partial charge < -0.3 is 20.0 Å². The van der Waals surface area contributed by atoms with Crippen molar-refractivity contribution < 1.29 is 23.8 Å². The van der Waals surface area contributed by atoms with Crippen LogP contribution in [0.3, 0.4) is 0 Å². The fourth-order valence-electron chi connectivity index (χ4n) is 3.39. The molecular weight excluding hydrogens is 443 g/mol. The van der Waals surface area contributed by atoms with Crippen molar-refractivity contribution in [3.63, 3.8) is 0 Å². The number of anilines is 1. The van der Waals surface area contributed by atoms with E-state index in [4.69, 9.17) is 14.7 Å². The molecule has 2 aromatic carbocycles. The van der Waals surface area contributed by atoms with Crippen molar-refractivity contribution in [3.05, 3.63) is 94.0 Å². The first kappa shape index (κ1) is 22.3. The molecule has 0 fully saturated rings. The van der Waals surface area contributed by atoms with Crippen molar-refractivity contribution in [2.75, 3.05) is 19.5 Å². The number of nitrogens with zero attached hydrogens (tertiary/aromatic N) is 4. The van der Waals surface area contributed by atoms with Gasteiger partial charge in [0.25, 0.3) is 0 Å². The Hall–Kier alpha value is -4.85. The van der Waals surface area contributed by atoms with Crippen molar-refractivity contribution in [1.29, 1.82) is 5.26 Å². The number of methoxy groups -OCH3 is 2. The van der Waals surface area contributed by atoms with Crippen LogP contribution in [0.5, 0.6) is 11.5 Å². The van der Waals surface area contributed by atoms with E-state index in [1.54, 1.807) is 36.4 Å². The number of rotatable bonds is 7. The maximum absolute atomic E-state index is 15.4. The van der Waals surface area contributed by atoms with Crippen LogP contribution < -0.4 is 25.2 Å². The van der Waals surface area contributed by atoms with Gasteiger partial charge in [-0.1, -0.05) is 11.2 Å². The minimum absolute atomic E-state index is 0.0565. The zero-order valence-electron chi connectivity index (χ0n) is 18.2. The van der Waals surface area contributed by atoms with Gasteiger partial charge >= 0.3 is 11.5 Å². The van der Waals surface area contributed by atoms with E-state index in [1.165, 1.54) is 38.6 Å². The summed E-state index contributed by atoms with van der Waals surface area (Å²) in [7, 11) is 2.77. The summed E-state index contributed by atoms with van der Waals surface area (Å²) in [6.45, 7) is 0. The molecule has 2 heterocycles. The number of hydrogen-bond donors (Lipinski definition) is 3. The molecule has 1 unspecified atom stereocenters. The summed E-state index contributed by atoms with van der Waals surface area (Å²) in [5.41, 5.74) is 0.431. The third-order valence-electron chi connectivity index (χ3n) is 5.08. The largest absolute Gasteiger partial charge is 0.497 e. The first-order chi connectivity index (χ1) is 16.4. The number of aromatic nitrogens is 4. The normalized spacial score (nSPS) is 11.5. The summed E-state index contributed by atoms with van der Waals surface area (Å²) in [4.78, 5) is 15.3. The second-order valence-electron chi connectivity index (χ2n) is 7.13. The number of nitrogens with one attached hydrogen (secondary N) is 2. The van der Waals surface area contributed by atoms with E-state index in [2.05, 4.69) is 15.4 Å². The van der Waals surface area contributed by atoms with Crippen LogP contribution in [0.25, 0.3) is 5.82 Å². The standard InChI is InChI=1S/C23H19FN6O4/c1-33-16-11-17(20(24)18(12-16)34-2)21(26-15-8-6-14(13-25)7-9-15)22-27-23(31)30(28-22)19-5-3-4-10-29(19)32/h3-12,21,26H,1-2H3,(H-,27,28,31,32)/p+1. The zero-order chi connectivity index (χ0) is 24.2. The highest BCUT2D eigenvalue weighted by molar-refractivity contribution is 5.52. The molecule has 0 aliphatic rings. The fraction of sp³-hybridized carbons (Fsp3) is 0.130. The summed E-state index contributed by atoms with van der Waals surface area (Å²) in [6.07, 6.45) is 1.34. The summed E-state index contributed by atoms with van der Waals surface area (Å²) in [5, 5.41) is 26.6. The average Bonchev–Trinajstić information content (AvgIpc) is 3.24. The second-order valence-corrected chi connectivity index (χ2v) is 7.13. The number of aromatic amines is 1. The molecule has 0 saturated heterocycles. The van der Waals surface area contributed by atoms with Gasteiger partial charge in [-0.05, 0) is 45.8 Å². The number of nitriles is 1. The average molecular weight is 463 g/mol. The Balaban J connectivity index is 1.87. The number of hydrogen-bond acceptors (Lipinski definition) is 7.